The Labute approximate surface area is 162 Å². The monoisotopic (exact) mass is 392 g/mol. The van der Waals surface area contributed by atoms with Gasteiger partial charge >= 0.3 is 0 Å². The highest BCUT2D eigenvalue weighted by Crippen LogP contribution is 2.39. The summed E-state index contributed by atoms with van der Waals surface area (Å²) in [5, 5.41) is 8.68. The molecule has 4 rings (SSSR count). The SMILES string of the molecule is C[C@H]1Cn2nc(-c3ccc(Cl)cc3F)c(-c3ccncc3)c2[C@@H](C)N1.Cl. The van der Waals surface area contributed by atoms with Crippen molar-refractivity contribution in [2.45, 2.75) is 32.5 Å². The molecule has 2 aromatic heterocycles. The smallest absolute Gasteiger partial charge is 0.134 e. The van der Waals surface area contributed by atoms with E-state index in [0.717, 1.165) is 23.4 Å². The molecule has 3 aromatic rings. The average molecular weight is 393 g/mol. The van der Waals surface area contributed by atoms with E-state index in [-0.39, 0.29) is 24.3 Å². The minimum absolute atomic E-state index is 0. The molecule has 26 heavy (non-hydrogen) atoms. The molecular formula is C19H19Cl2FN4. The number of aromatic nitrogens is 3. The molecule has 0 unspecified atom stereocenters. The van der Waals surface area contributed by atoms with E-state index in [1.165, 1.54) is 6.07 Å². The molecule has 1 aliphatic rings. The first-order chi connectivity index (χ1) is 12.0. The Kier molecular flexibility index (Phi) is 5.32. The van der Waals surface area contributed by atoms with Gasteiger partial charge in [-0.3, -0.25) is 9.67 Å². The van der Waals surface area contributed by atoms with Gasteiger partial charge in [-0.15, -0.1) is 12.4 Å². The van der Waals surface area contributed by atoms with Crippen LogP contribution < -0.4 is 5.32 Å². The summed E-state index contributed by atoms with van der Waals surface area (Å²) in [6.45, 7) is 4.97. The van der Waals surface area contributed by atoms with Gasteiger partial charge < -0.3 is 5.32 Å². The molecule has 1 N–H and O–H groups in total. The van der Waals surface area contributed by atoms with Gasteiger partial charge in [0.15, 0.2) is 0 Å². The molecule has 0 amide bonds. The zero-order chi connectivity index (χ0) is 17.6. The molecule has 0 saturated heterocycles. The lowest BCUT2D eigenvalue weighted by atomic mass is 9.96. The van der Waals surface area contributed by atoms with E-state index in [9.17, 15) is 4.39 Å². The zero-order valence-corrected chi connectivity index (χ0v) is 16.0. The fraction of sp³-hybridized carbons (Fsp3) is 0.263. The highest BCUT2D eigenvalue weighted by atomic mass is 35.5. The van der Waals surface area contributed by atoms with Gasteiger partial charge in [0.05, 0.1) is 12.2 Å². The van der Waals surface area contributed by atoms with Crippen LogP contribution in [-0.2, 0) is 6.54 Å². The molecule has 1 aliphatic heterocycles. The van der Waals surface area contributed by atoms with E-state index in [2.05, 4.69) is 24.1 Å². The van der Waals surface area contributed by atoms with Crippen LogP contribution in [0.15, 0.2) is 42.7 Å². The van der Waals surface area contributed by atoms with Gasteiger partial charge in [0.2, 0.25) is 0 Å². The minimum Gasteiger partial charge on any atom is -0.304 e. The Morgan fingerprint density at radius 1 is 1.19 bits per heavy atom. The zero-order valence-electron chi connectivity index (χ0n) is 14.4. The third-order valence-corrected chi connectivity index (χ3v) is 4.77. The Bertz CT molecular complexity index is 927. The first kappa shape index (κ1) is 18.8. The lowest BCUT2D eigenvalue weighted by Gasteiger charge is -2.28. The topological polar surface area (TPSA) is 42.7 Å². The molecule has 0 spiro atoms. The van der Waals surface area contributed by atoms with Crippen LogP contribution in [0.1, 0.15) is 25.6 Å². The van der Waals surface area contributed by atoms with Gasteiger partial charge in [0.25, 0.3) is 0 Å². The molecule has 0 fully saturated rings. The standard InChI is InChI=1S/C19H18ClFN4.ClH/c1-11-10-25-19(12(2)23-11)17(13-5-7-22-8-6-13)18(24-25)15-4-3-14(20)9-16(15)21;/h3-9,11-12,23H,10H2,1-2H3;1H/t11-,12+;/m0./s1. The van der Waals surface area contributed by atoms with E-state index in [1.54, 1.807) is 24.5 Å². The number of hydrogen-bond acceptors (Lipinski definition) is 3. The average Bonchev–Trinajstić information content (AvgIpc) is 2.95. The Hall–Kier alpha value is -1.95. The highest BCUT2D eigenvalue weighted by Gasteiger charge is 2.30. The lowest BCUT2D eigenvalue weighted by Crippen LogP contribution is -2.39. The van der Waals surface area contributed by atoms with Crippen molar-refractivity contribution in [3.8, 4) is 22.4 Å². The largest absolute Gasteiger partial charge is 0.304 e. The molecule has 0 radical (unpaired) electrons. The van der Waals surface area contributed by atoms with Crippen molar-refractivity contribution in [2.75, 3.05) is 0 Å². The number of pyridine rings is 1. The Balaban J connectivity index is 0.00000196. The highest BCUT2D eigenvalue weighted by molar-refractivity contribution is 6.30. The number of hydrogen-bond donors (Lipinski definition) is 1. The summed E-state index contributed by atoms with van der Waals surface area (Å²) >= 11 is 5.92. The number of nitrogens with one attached hydrogen (secondary N) is 1. The number of halogens is 3. The number of benzene rings is 1. The van der Waals surface area contributed by atoms with Crippen molar-refractivity contribution in [1.82, 2.24) is 20.1 Å². The van der Waals surface area contributed by atoms with Crippen LogP contribution in [0.5, 0.6) is 0 Å². The van der Waals surface area contributed by atoms with Crippen LogP contribution in [0.25, 0.3) is 22.4 Å². The van der Waals surface area contributed by atoms with Gasteiger partial charge in [0.1, 0.15) is 11.5 Å². The third-order valence-electron chi connectivity index (χ3n) is 4.54. The molecule has 136 valence electrons. The van der Waals surface area contributed by atoms with E-state index >= 15 is 0 Å². The predicted molar refractivity (Wildman–Crippen MR) is 104 cm³/mol. The quantitative estimate of drug-likeness (QED) is 0.675. The maximum atomic E-state index is 14.6. The molecule has 0 bridgehead atoms. The number of fused-ring (bicyclic) bond motifs is 1. The summed E-state index contributed by atoms with van der Waals surface area (Å²) < 4.78 is 16.6. The summed E-state index contributed by atoms with van der Waals surface area (Å²) in [5.41, 5.74) is 4.07. The fourth-order valence-corrected chi connectivity index (χ4v) is 3.70. The molecule has 1 aromatic carbocycles. The van der Waals surface area contributed by atoms with Gasteiger partial charge in [-0.25, -0.2) is 4.39 Å². The summed E-state index contributed by atoms with van der Waals surface area (Å²) in [7, 11) is 0. The van der Waals surface area contributed by atoms with Gasteiger partial charge in [-0.2, -0.15) is 5.10 Å². The number of rotatable bonds is 2. The second kappa shape index (κ2) is 7.35. The van der Waals surface area contributed by atoms with Gasteiger partial charge in [-0.05, 0) is 49.7 Å². The van der Waals surface area contributed by atoms with Crippen LogP contribution in [0, 0.1) is 5.82 Å². The molecule has 0 aliphatic carbocycles. The van der Waals surface area contributed by atoms with E-state index in [0.29, 0.717) is 22.3 Å². The first-order valence-corrected chi connectivity index (χ1v) is 8.65. The van der Waals surface area contributed by atoms with Crippen LogP contribution in [0.2, 0.25) is 5.02 Å². The fourth-order valence-electron chi connectivity index (χ4n) is 3.55. The van der Waals surface area contributed by atoms with Crippen molar-refractivity contribution >= 4 is 24.0 Å². The van der Waals surface area contributed by atoms with Gasteiger partial charge in [-0.1, -0.05) is 11.6 Å². The summed E-state index contributed by atoms with van der Waals surface area (Å²) in [5.74, 6) is -0.369. The summed E-state index contributed by atoms with van der Waals surface area (Å²) in [4.78, 5) is 4.10. The molecule has 2 atom stereocenters. The van der Waals surface area contributed by atoms with Gasteiger partial charge in [0, 0.05) is 40.6 Å². The third kappa shape index (κ3) is 3.22. The Morgan fingerprint density at radius 2 is 1.92 bits per heavy atom. The summed E-state index contributed by atoms with van der Waals surface area (Å²) in [6, 6.07) is 8.99. The van der Waals surface area contributed by atoms with Crippen molar-refractivity contribution in [1.29, 1.82) is 0 Å². The lowest BCUT2D eigenvalue weighted by molar-refractivity contribution is 0.345. The van der Waals surface area contributed by atoms with E-state index in [1.807, 2.05) is 16.8 Å². The second-order valence-corrected chi connectivity index (χ2v) is 6.88. The first-order valence-electron chi connectivity index (χ1n) is 8.27. The Morgan fingerprint density at radius 3 is 2.62 bits per heavy atom. The molecular weight excluding hydrogens is 374 g/mol. The van der Waals surface area contributed by atoms with E-state index < -0.39 is 0 Å². The maximum absolute atomic E-state index is 14.6. The van der Waals surface area contributed by atoms with Crippen molar-refractivity contribution in [3.05, 3.63) is 59.3 Å². The predicted octanol–water partition coefficient (Wildman–Crippen LogP) is 4.88. The number of nitrogens with zero attached hydrogens (tertiary/aromatic N) is 3. The minimum atomic E-state index is -0.369. The van der Waals surface area contributed by atoms with E-state index in [4.69, 9.17) is 16.7 Å². The molecule has 3 heterocycles. The molecule has 0 saturated carbocycles. The summed E-state index contributed by atoms with van der Waals surface area (Å²) in [6.07, 6.45) is 3.48. The van der Waals surface area contributed by atoms with Crippen LogP contribution >= 0.6 is 24.0 Å². The van der Waals surface area contributed by atoms with Crippen LogP contribution in [-0.4, -0.2) is 20.8 Å². The molecule has 7 heteroatoms. The van der Waals surface area contributed by atoms with Crippen molar-refractivity contribution in [2.24, 2.45) is 0 Å². The molecule has 4 nitrogen and oxygen atoms in total. The second-order valence-electron chi connectivity index (χ2n) is 6.44. The normalized spacial score (nSPS) is 18.9. The maximum Gasteiger partial charge on any atom is 0.134 e. The van der Waals surface area contributed by atoms with Crippen LogP contribution in [0.4, 0.5) is 4.39 Å². The van der Waals surface area contributed by atoms with Crippen molar-refractivity contribution in [3.63, 3.8) is 0 Å². The van der Waals surface area contributed by atoms with Crippen molar-refractivity contribution < 1.29 is 4.39 Å². The van der Waals surface area contributed by atoms with Crippen LogP contribution in [0.3, 0.4) is 0 Å².